The molecule has 138 valence electrons. The maximum absolute atomic E-state index is 14.6. The summed E-state index contributed by atoms with van der Waals surface area (Å²) >= 11 is -1.52. The third-order valence-corrected chi connectivity index (χ3v) is 5.34. The zero-order valence-corrected chi connectivity index (χ0v) is 15.2. The molecular weight excluding hydrogens is 343 g/mol. The zero-order chi connectivity index (χ0) is 18.9. The molecule has 0 saturated heterocycles. The molecule has 0 spiro atoms. The first kappa shape index (κ1) is 21.2. The van der Waals surface area contributed by atoms with Crippen LogP contribution in [0.15, 0.2) is 18.2 Å². The predicted octanol–water partition coefficient (Wildman–Crippen LogP) is 2.77. The molecule has 3 N–H and O–H groups in total. The van der Waals surface area contributed by atoms with Crippen LogP contribution < -0.4 is 4.72 Å². The maximum Gasteiger partial charge on any atom is 0.306 e. The van der Waals surface area contributed by atoms with E-state index in [2.05, 4.69) is 4.72 Å². The second-order valence-corrected chi connectivity index (χ2v) is 8.93. The van der Waals surface area contributed by atoms with Gasteiger partial charge in [0.15, 0.2) is 5.60 Å². The fourth-order valence-corrected chi connectivity index (χ4v) is 2.72. The largest absolute Gasteiger partial charge is 0.598 e. The number of alkyl halides is 2. The zero-order valence-electron chi connectivity index (χ0n) is 14.4. The number of hydrogen-bond donors (Lipinski definition) is 3. The maximum atomic E-state index is 14.6. The molecule has 3 atom stereocenters. The first-order valence-electron chi connectivity index (χ1n) is 7.43. The van der Waals surface area contributed by atoms with Crippen LogP contribution in [-0.2, 0) is 17.3 Å². The van der Waals surface area contributed by atoms with E-state index in [9.17, 15) is 22.8 Å². The molecule has 1 rings (SSSR count). The highest BCUT2D eigenvalue weighted by atomic mass is 32.2. The van der Waals surface area contributed by atoms with Crippen LogP contribution in [0.4, 0.5) is 13.2 Å². The number of aliphatic hydroxyl groups excluding tert-OH is 1. The van der Waals surface area contributed by atoms with Gasteiger partial charge in [-0.2, -0.15) is 8.78 Å². The minimum absolute atomic E-state index is 0.0986. The van der Waals surface area contributed by atoms with Gasteiger partial charge >= 0.3 is 5.92 Å². The van der Waals surface area contributed by atoms with Gasteiger partial charge in [-0.1, -0.05) is 12.1 Å². The van der Waals surface area contributed by atoms with E-state index in [0.717, 1.165) is 13.0 Å². The summed E-state index contributed by atoms with van der Waals surface area (Å²) in [6.07, 6.45) is 0. The van der Waals surface area contributed by atoms with Gasteiger partial charge < -0.3 is 14.8 Å². The van der Waals surface area contributed by atoms with Gasteiger partial charge in [0.05, 0.1) is 18.2 Å². The van der Waals surface area contributed by atoms with E-state index < -0.39 is 51.7 Å². The van der Waals surface area contributed by atoms with Gasteiger partial charge in [-0.3, -0.25) is 0 Å². The van der Waals surface area contributed by atoms with Crippen molar-refractivity contribution in [2.75, 3.05) is 6.61 Å². The van der Waals surface area contributed by atoms with Gasteiger partial charge in [-0.15, -0.1) is 4.72 Å². The lowest BCUT2D eigenvalue weighted by molar-refractivity contribution is -0.197. The minimum Gasteiger partial charge on any atom is -0.598 e. The molecule has 1 aromatic rings. The normalized spacial score (nSPS) is 18.1. The highest BCUT2D eigenvalue weighted by Crippen LogP contribution is 2.41. The van der Waals surface area contributed by atoms with Gasteiger partial charge in [0.1, 0.15) is 10.6 Å². The average molecular weight is 367 g/mol. The number of nitrogens with one attached hydrogen (secondary N) is 1. The fourth-order valence-electron chi connectivity index (χ4n) is 1.92. The first-order chi connectivity index (χ1) is 10.8. The number of hydrogen-bond acceptors (Lipinski definition) is 4. The summed E-state index contributed by atoms with van der Waals surface area (Å²) in [4.78, 5) is 0. The van der Waals surface area contributed by atoms with Crippen LogP contribution in [0.5, 0.6) is 0 Å². The summed E-state index contributed by atoms with van der Waals surface area (Å²) in [5, 5.41) is 18.6. The Kier molecular flexibility index (Phi) is 6.38. The monoisotopic (exact) mass is 367 g/mol. The standard InChI is InChI=1S/C16H24F3NO3S/c1-10(20-24(23)14(2,3)4)11-7-6-8-12(13(11)17)16(18,19)15(5,22)9-21/h6-8,10,20-22H,9H2,1-5H3/t10-,15?,24-/m1/s1. The van der Waals surface area contributed by atoms with Gasteiger partial charge in [0, 0.05) is 16.9 Å². The Bertz CT molecular complexity index is 576. The lowest BCUT2D eigenvalue weighted by Gasteiger charge is -2.32. The SMILES string of the molecule is C[C@@H](N[S@+]([O-])C(C)(C)C)c1cccc(C(F)(F)C(C)(O)CO)c1F. The van der Waals surface area contributed by atoms with Gasteiger partial charge in [-0.25, -0.2) is 4.39 Å². The van der Waals surface area contributed by atoms with Gasteiger partial charge in [0.2, 0.25) is 0 Å². The predicted molar refractivity (Wildman–Crippen MR) is 87.4 cm³/mol. The van der Waals surface area contributed by atoms with E-state index >= 15 is 0 Å². The van der Waals surface area contributed by atoms with Crippen molar-refractivity contribution in [1.82, 2.24) is 4.72 Å². The van der Waals surface area contributed by atoms with Crippen LogP contribution >= 0.6 is 0 Å². The Hall–Kier alpha value is -0.800. The van der Waals surface area contributed by atoms with E-state index in [4.69, 9.17) is 5.11 Å². The third-order valence-electron chi connectivity index (χ3n) is 3.66. The second kappa shape index (κ2) is 7.21. The Morgan fingerprint density at radius 2 is 1.79 bits per heavy atom. The number of rotatable bonds is 6. The second-order valence-electron chi connectivity index (χ2n) is 6.94. The topological polar surface area (TPSA) is 75.5 Å². The van der Waals surface area contributed by atoms with Gasteiger partial charge in [0.25, 0.3) is 0 Å². The summed E-state index contributed by atoms with van der Waals surface area (Å²) in [6, 6.07) is 2.60. The molecule has 0 heterocycles. The summed E-state index contributed by atoms with van der Waals surface area (Å²) in [7, 11) is 0. The number of benzene rings is 1. The molecule has 0 aliphatic heterocycles. The minimum atomic E-state index is -4.00. The fraction of sp³-hybridized carbons (Fsp3) is 0.625. The van der Waals surface area contributed by atoms with Crippen molar-refractivity contribution in [3.8, 4) is 0 Å². The molecular formula is C16H24F3NO3S. The molecule has 4 nitrogen and oxygen atoms in total. The van der Waals surface area contributed by atoms with Crippen LogP contribution in [0.25, 0.3) is 0 Å². The van der Waals surface area contributed by atoms with Crippen LogP contribution in [0.1, 0.15) is 51.8 Å². The molecule has 0 bridgehead atoms. The average Bonchev–Trinajstić information content (AvgIpc) is 2.45. The lowest BCUT2D eigenvalue weighted by Crippen LogP contribution is -2.47. The van der Waals surface area contributed by atoms with Crippen LogP contribution in [0, 0.1) is 5.82 Å². The quantitative estimate of drug-likeness (QED) is 0.676. The van der Waals surface area contributed by atoms with Crippen molar-refractivity contribution >= 4 is 11.4 Å². The van der Waals surface area contributed by atoms with Crippen molar-refractivity contribution in [3.05, 3.63) is 35.1 Å². The van der Waals surface area contributed by atoms with Crippen molar-refractivity contribution in [2.45, 2.75) is 56.9 Å². The Labute approximate surface area is 143 Å². The smallest absolute Gasteiger partial charge is 0.306 e. The van der Waals surface area contributed by atoms with Gasteiger partial charge in [-0.05, 0) is 40.7 Å². The third kappa shape index (κ3) is 4.23. The van der Waals surface area contributed by atoms with Crippen LogP contribution in [-0.4, -0.2) is 31.7 Å². The van der Waals surface area contributed by atoms with E-state index in [1.165, 1.54) is 19.1 Å². The molecule has 8 heteroatoms. The number of aliphatic hydroxyl groups is 2. The molecule has 0 amide bonds. The van der Waals surface area contributed by atoms with Crippen LogP contribution in [0.2, 0.25) is 0 Å². The molecule has 0 aliphatic rings. The molecule has 0 fully saturated rings. The van der Waals surface area contributed by atoms with Crippen molar-refractivity contribution in [1.29, 1.82) is 0 Å². The molecule has 0 saturated carbocycles. The highest BCUT2D eigenvalue weighted by molar-refractivity contribution is 7.90. The van der Waals surface area contributed by atoms with E-state index in [1.807, 2.05) is 0 Å². The first-order valence-corrected chi connectivity index (χ1v) is 8.58. The van der Waals surface area contributed by atoms with E-state index in [1.54, 1.807) is 20.8 Å². The molecule has 24 heavy (non-hydrogen) atoms. The van der Waals surface area contributed by atoms with Crippen molar-refractivity contribution in [3.63, 3.8) is 0 Å². The van der Waals surface area contributed by atoms with Crippen molar-refractivity contribution < 1.29 is 27.9 Å². The molecule has 0 radical (unpaired) electrons. The Morgan fingerprint density at radius 1 is 1.25 bits per heavy atom. The molecule has 1 unspecified atom stereocenters. The summed E-state index contributed by atoms with van der Waals surface area (Å²) in [5.41, 5.74) is -3.93. The molecule has 0 aliphatic carbocycles. The lowest BCUT2D eigenvalue weighted by atomic mass is 9.90. The molecule has 0 aromatic heterocycles. The van der Waals surface area contributed by atoms with Crippen molar-refractivity contribution in [2.24, 2.45) is 0 Å². The van der Waals surface area contributed by atoms with E-state index in [0.29, 0.717) is 0 Å². The summed E-state index contributed by atoms with van der Waals surface area (Å²) in [5.74, 6) is -5.20. The number of halogens is 3. The summed E-state index contributed by atoms with van der Waals surface area (Å²) in [6.45, 7) is 6.18. The molecule has 1 aromatic carbocycles. The Balaban J connectivity index is 3.23. The highest BCUT2D eigenvalue weighted by Gasteiger charge is 2.52. The van der Waals surface area contributed by atoms with E-state index in [-0.39, 0.29) is 5.56 Å². The summed E-state index contributed by atoms with van der Waals surface area (Å²) < 4.78 is 57.5. The van der Waals surface area contributed by atoms with Crippen LogP contribution in [0.3, 0.4) is 0 Å². The Morgan fingerprint density at radius 3 is 2.25 bits per heavy atom.